The third-order valence-corrected chi connectivity index (χ3v) is 4.04. The van der Waals surface area contributed by atoms with Crippen molar-refractivity contribution in [3.8, 4) is 0 Å². The Morgan fingerprint density at radius 2 is 1.42 bits per heavy atom. The second-order valence-corrected chi connectivity index (χ2v) is 7.72. The molecule has 0 atom stereocenters. The first kappa shape index (κ1) is 16.2. The maximum Gasteiger partial charge on any atom is -0.00721 e. The van der Waals surface area contributed by atoms with E-state index in [1.165, 1.54) is 22.3 Å². The van der Waals surface area contributed by atoms with Crippen LogP contribution >= 0.6 is 0 Å². The molecule has 0 radical (unpaired) electrons. The summed E-state index contributed by atoms with van der Waals surface area (Å²) >= 11 is 0. The molecular weight excluding hydrogens is 230 g/mol. The highest BCUT2D eigenvalue weighted by atomic mass is 14.5. The Labute approximate surface area is 119 Å². The molecule has 19 heavy (non-hydrogen) atoms. The van der Waals surface area contributed by atoms with Gasteiger partial charge in [0.2, 0.25) is 0 Å². The van der Waals surface area contributed by atoms with Crippen molar-refractivity contribution < 1.29 is 0 Å². The lowest BCUT2D eigenvalue weighted by molar-refractivity contribution is 0.337. The van der Waals surface area contributed by atoms with Crippen molar-refractivity contribution in [1.29, 1.82) is 0 Å². The standard InChI is InChI=1S/C18H31N/c1-13-10-15(17(3,4)5)11-14(2)16(13)12-18(6,7)8-9-19/h10-11H,8-9,12,19H2,1-7H3. The van der Waals surface area contributed by atoms with E-state index in [4.69, 9.17) is 5.73 Å². The first-order valence-corrected chi connectivity index (χ1v) is 7.37. The molecule has 1 aromatic rings. The van der Waals surface area contributed by atoms with Crippen molar-refractivity contribution in [2.45, 2.75) is 66.7 Å². The number of rotatable bonds is 4. The minimum Gasteiger partial charge on any atom is -0.330 e. The Morgan fingerprint density at radius 1 is 0.947 bits per heavy atom. The fraction of sp³-hybridized carbons (Fsp3) is 0.667. The summed E-state index contributed by atoms with van der Waals surface area (Å²) in [4.78, 5) is 0. The maximum absolute atomic E-state index is 5.73. The van der Waals surface area contributed by atoms with Gasteiger partial charge in [-0.15, -0.1) is 0 Å². The number of hydrogen-bond donors (Lipinski definition) is 1. The Bertz CT molecular complexity index is 412. The molecule has 1 heteroatoms. The molecule has 0 fully saturated rings. The second-order valence-electron chi connectivity index (χ2n) is 7.72. The van der Waals surface area contributed by atoms with Gasteiger partial charge >= 0.3 is 0 Å². The summed E-state index contributed by atoms with van der Waals surface area (Å²) in [6, 6.07) is 4.72. The van der Waals surface area contributed by atoms with Crippen LogP contribution in [0, 0.1) is 19.3 Å². The van der Waals surface area contributed by atoms with Gasteiger partial charge in [-0.25, -0.2) is 0 Å². The third-order valence-electron chi connectivity index (χ3n) is 4.04. The molecule has 0 heterocycles. The lowest BCUT2D eigenvalue weighted by atomic mass is 9.78. The van der Waals surface area contributed by atoms with E-state index in [0.29, 0.717) is 0 Å². The second kappa shape index (κ2) is 5.66. The summed E-state index contributed by atoms with van der Waals surface area (Å²) in [6.45, 7) is 16.7. The molecule has 2 N–H and O–H groups in total. The minimum atomic E-state index is 0.223. The lowest BCUT2D eigenvalue weighted by Gasteiger charge is -2.28. The van der Waals surface area contributed by atoms with Gasteiger partial charge in [-0.3, -0.25) is 0 Å². The minimum absolute atomic E-state index is 0.223. The van der Waals surface area contributed by atoms with E-state index in [9.17, 15) is 0 Å². The molecule has 0 unspecified atom stereocenters. The van der Waals surface area contributed by atoms with Crippen LogP contribution in [0.5, 0.6) is 0 Å². The van der Waals surface area contributed by atoms with E-state index in [1.54, 1.807) is 0 Å². The van der Waals surface area contributed by atoms with Crippen LogP contribution in [0.25, 0.3) is 0 Å². The van der Waals surface area contributed by atoms with Gasteiger partial charge in [0, 0.05) is 0 Å². The summed E-state index contributed by atoms with van der Waals surface area (Å²) < 4.78 is 0. The summed E-state index contributed by atoms with van der Waals surface area (Å²) in [7, 11) is 0. The molecule has 1 aromatic carbocycles. The predicted molar refractivity (Wildman–Crippen MR) is 85.8 cm³/mol. The summed E-state index contributed by atoms with van der Waals surface area (Å²) in [5, 5.41) is 0. The maximum atomic E-state index is 5.73. The van der Waals surface area contributed by atoms with E-state index in [2.05, 4.69) is 60.6 Å². The van der Waals surface area contributed by atoms with E-state index in [0.717, 1.165) is 19.4 Å². The van der Waals surface area contributed by atoms with Crippen molar-refractivity contribution >= 4 is 0 Å². The van der Waals surface area contributed by atoms with Crippen LogP contribution in [-0.4, -0.2) is 6.54 Å². The highest BCUT2D eigenvalue weighted by Crippen LogP contribution is 2.32. The highest BCUT2D eigenvalue weighted by Gasteiger charge is 2.21. The van der Waals surface area contributed by atoms with Crippen molar-refractivity contribution in [2.75, 3.05) is 6.54 Å². The van der Waals surface area contributed by atoms with Gasteiger partial charge in [0.05, 0.1) is 0 Å². The van der Waals surface area contributed by atoms with Crippen molar-refractivity contribution in [1.82, 2.24) is 0 Å². The van der Waals surface area contributed by atoms with E-state index in [-0.39, 0.29) is 10.8 Å². The summed E-state index contributed by atoms with van der Waals surface area (Å²) in [6.07, 6.45) is 2.19. The Kier molecular flexibility index (Phi) is 4.84. The van der Waals surface area contributed by atoms with Crippen molar-refractivity contribution in [3.05, 3.63) is 34.4 Å². The molecule has 0 amide bonds. The number of hydrogen-bond acceptors (Lipinski definition) is 1. The molecule has 0 saturated carbocycles. The number of nitrogens with two attached hydrogens (primary N) is 1. The molecule has 0 aliphatic heterocycles. The Balaban J connectivity index is 3.11. The van der Waals surface area contributed by atoms with Crippen LogP contribution < -0.4 is 5.73 Å². The van der Waals surface area contributed by atoms with Gasteiger partial charge in [0.1, 0.15) is 0 Å². The highest BCUT2D eigenvalue weighted by molar-refractivity contribution is 5.41. The zero-order valence-corrected chi connectivity index (χ0v) is 13.9. The SMILES string of the molecule is Cc1cc(C(C)(C)C)cc(C)c1CC(C)(C)CCN. The van der Waals surface area contributed by atoms with Crippen LogP contribution in [0.3, 0.4) is 0 Å². The molecule has 1 nitrogen and oxygen atoms in total. The molecule has 108 valence electrons. The molecule has 0 aliphatic carbocycles. The molecule has 0 saturated heterocycles. The average Bonchev–Trinajstić information content (AvgIpc) is 2.21. The monoisotopic (exact) mass is 261 g/mol. The predicted octanol–water partition coefficient (Wildman–Crippen LogP) is 4.52. The number of aryl methyl sites for hydroxylation is 2. The topological polar surface area (TPSA) is 26.0 Å². The molecule has 0 spiro atoms. The normalized spacial score (nSPS) is 12.8. The first-order chi connectivity index (χ1) is 8.57. The van der Waals surface area contributed by atoms with Gasteiger partial charge < -0.3 is 5.73 Å². The molecule has 0 aromatic heterocycles. The average molecular weight is 261 g/mol. The molecule has 0 aliphatic rings. The van der Waals surface area contributed by atoms with Gasteiger partial charge in [0.15, 0.2) is 0 Å². The molecule has 1 rings (SSSR count). The van der Waals surface area contributed by atoms with E-state index < -0.39 is 0 Å². The van der Waals surface area contributed by atoms with Crippen molar-refractivity contribution in [2.24, 2.45) is 11.1 Å². The summed E-state index contributed by atoms with van der Waals surface area (Å²) in [5.74, 6) is 0. The smallest absolute Gasteiger partial charge is 0.00721 e. The third kappa shape index (κ3) is 4.35. The first-order valence-electron chi connectivity index (χ1n) is 7.37. The van der Waals surface area contributed by atoms with E-state index in [1.807, 2.05) is 0 Å². The number of benzene rings is 1. The fourth-order valence-electron chi connectivity index (χ4n) is 2.66. The van der Waals surface area contributed by atoms with Crippen LogP contribution in [0.2, 0.25) is 0 Å². The lowest BCUT2D eigenvalue weighted by Crippen LogP contribution is -2.21. The Hall–Kier alpha value is -0.820. The molecule has 0 bridgehead atoms. The van der Waals surface area contributed by atoms with Crippen LogP contribution in [0.1, 0.15) is 63.3 Å². The van der Waals surface area contributed by atoms with E-state index >= 15 is 0 Å². The van der Waals surface area contributed by atoms with Gasteiger partial charge in [0.25, 0.3) is 0 Å². The largest absolute Gasteiger partial charge is 0.330 e. The van der Waals surface area contributed by atoms with Gasteiger partial charge in [-0.1, -0.05) is 46.8 Å². The zero-order valence-electron chi connectivity index (χ0n) is 13.9. The van der Waals surface area contributed by atoms with Gasteiger partial charge in [-0.2, -0.15) is 0 Å². The van der Waals surface area contributed by atoms with Crippen LogP contribution in [0.15, 0.2) is 12.1 Å². The van der Waals surface area contributed by atoms with Crippen molar-refractivity contribution in [3.63, 3.8) is 0 Å². The quantitative estimate of drug-likeness (QED) is 0.847. The summed E-state index contributed by atoms with van der Waals surface area (Å²) in [5.41, 5.74) is 12.0. The zero-order chi connectivity index (χ0) is 14.8. The van der Waals surface area contributed by atoms with Gasteiger partial charge in [-0.05, 0) is 66.3 Å². The Morgan fingerprint density at radius 3 is 1.79 bits per heavy atom. The van der Waals surface area contributed by atoms with Crippen LogP contribution in [-0.2, 0) is 11.8 Å². The van der Waals surface area contributed by atoms with Crippen LogP contribution in [0.4, 0.5) is 0 Å². The fourth-order valence-corrected chi connectivity index (χ4v) is 2.66. The molecular formula is C18H31N.